The van der Waals surface area contributed by atoms with Gasteiger partial charge in [0.05, 0.1) is 0 Å². The van der Waals surface area contributed by atoms with Crippen molar-refractivity contribution in [1.82, 2.24) is 10.2 Å². The summed E-state index contributed by atoms with van der Waals surface area (Å²) < 4.78 is 0. The lowest BCUT2D eigenvalue weighted by atomic mass is 9.91. The predicted octanol–water partition coefficient (Wildman–Crippen LogP) is 3.64. The summed E-state index contributed by atoms with van der Waals surface area (Å²) in [5, 5.41) is 3.76. The molecule has 2 rings (SSSR count). The highest BCUT2D eigenvalue weighted by Crippen LogP contribution is 2.20. The second kappa shape index (κ2) is 8.55. The molecule has 1 aliphatic rings. The Kier molecular flexibility index (Phi) is 6.72. The zero-order chi connectivity index (χ0) is 15.1. The summed E-state index contributed by atoms with van der Waals surface area (Å²) >= 11 is 0. The number of nitrogens with zero attached hydrogens (tertiary/aromatic N) is 1. The molecule has 1 aromatic carbocycles. The van der Waals surface area contributed by atoms with Crippen LogP contribution in [0.3, 0.4) is 0 Å². The molecule has 0 aromatic heterocycles. The molecule has 0 aliphatic carbocycles. The van der Waals surface area contributed by atoms with Gasteiger partial charge in [0.15, 0.2) is 0 Å². The molecule has 118 valence electrons. The van der Waals surface area contributed by atoms with E-state index in [2.05, 4.69) is 55.3 Å². The van der Waals surface area contributed by atoms with Crippen molar-refractivity contribution in [2.24, 2.45) is 5.92 Å². The summed E-state index contributed by atoms with van der Waals surface area (Å²) in [5.74, 6) is 0.821. The molecule has 0 amide bonds. The lowest BCUT2D eigenvalue weighted by Crippen LogP contribution is -2.45. The van der Waals surface area contributed by atoms with Crippen LogP contribution in [-0.2, 0) is 6.42 Å². The quantitative estimate of drug-likeness (QED) is 0.824. The van der Waals surface area contributed by atoms with Gasteiger partial charge in [-0.05, 0) is 76.2 Å². The lowest BCUT2D eigenvalue weighted by molar-refractivity contribution is 0.151. The summed E-state index contributed by atoms with van der Waals surface area (Å²) in [6.45, 7) is 11.8. The Bertz CT molecular complexity index is 414. The number of hydrogen-bond donors (Lipinski definition) is 1. The van der Waals surface area contributed by atoms with E-state index in [0.717, 1.165) is 18.9 Å². The summed E-state index contributed by atoms with van der Waals surface area (Å²) in [7, 11) is 0. The molecule has 1 saturated heterocycles. The fraction of sp³-hybridized carbons (Fsp3) is 0.684. The molecule has 21 heavy (non-hydrogen) atoms. The van der Waals surface area contributed by atoms with Gasteiger partial charge in [-0.3, -0.25) is 0 Å². The number of piperidine rings is 1. The molecule has 0 bridgehead atoms. The Morgan fingerprint density at radius 3 is 2.90 bits per heavy atom. The van der Waals surface area contributed by atoms with Crippen LogP contribution in [0.4, 0.5) is 0 Å². The van der Waals surface area contributed by atoms with Crippen LogP contribution in [-0.4, -0.2) is 37.1 Å². The van der Waals surface area contributed by atoms with Crippen molar-refractivity contribution in [3.63, 3.8) is 0 Å². The summed E-state index contributed by atoms with van der Waals surface area (Å²) in [5.41, 5.74) is 2.90. The molecule has 0 spiro atoms. The Morgan fingerprint density at radius 2 is 2.14 bits per heavy atom. The van der Waals surface area contributed by atoms with Gasteiger partial charge < -0.3 is 10.2 Å². The van der Waals surface area contributed by atoms with Gasteiger partial charge in [-0.15, -0.1) is 0 Å². The number of nitrogens with one attached hydrogen (secondary N) is 1. The smallest absolute Gasteiger partial charge is 0.00793 e. The first-order valence-electron chi connectivity index (χ1n) is 8.71. The zero-order valence-electron chi connectivity index (χ0n) is 14.1. The van der Waals surface area contributed by atoms with Gasteiger partial charge in [-0.2, -0.15) is 0 Å². The van der Waals surface area contributed by atoms with E-state index in [9.17, 15) is 0 Å². The van der Waals surface area contributed by atoms with E-state index in [-0.39, 0.29) is 0 Å². The highest BCUT2D eigenvalue weighted by molar-refractivity contribution is 5.25. The van der Waals surface area contributed by atoms with Crippen LogP contribution in [0.15, 0.2) is 24.3 Å². The average molecular weight is 288 g/mol. The van der Waals surface area contributed by atoms with E-state index in [1.807, 2.05) is 0 Å². The Hall–Kier alpha value is -0.860. The Balaban J connectivity index is 1.74. The molecule has 0 radical (unpaired) electrons. The third-order valence-electron chi connectivity index (χ3n) is 4.91. The molecule has 1 aliphatic heterocycles. The van der Waals surface area contributed by atoms with Gasteiger partial charge in [0, 0.05) is 12.6 Å². The maximum Gasteiger partial charge on any atom is 0.00793 e. The maximum atomic E-state index is 3.76. The highest BCUT2D eigenvalue weighted by Gasteiger charge is 2.23. The van der Waals surface area contributed by atoms with E-state index >= 15 is 0 Å². The third-order valence-corrected chi connectivity index (χ3v) is 4.91. The van der Waals surface area contributed by atoms with Gasteiger partial charge in [-0.25, -0.2) is 0 Å². The van der Waals surface area contributed by atoms with Crippen molar-refractivity contribution in [3.8, 4) is 0 Å². The second-order valence-electron chi connectivity index (χ2n) is 6.62. The minimum atomic E-state index is 0.633. The van der Waals surface area contributed by atoms with Crippen molar-refractivity contribution < 1.29 is 0 Å². The molecular formula is C19H32N2. The van der Waals surface area contributed by atoms with Gasteiger partial charge in [0.25, 0.3) is 0 Å². The lowest BCUT2D eigenvalue weighted by Gasteiger charge is -2.36. The number of rotatable bonds is 7. The fourth-order valence-electron chi connectivity index (χ4n) is 3.51. The molecule has 2 heteroatoms. The minimum Gasteiger partial charge on any atom is -0.314 e. The normalized spacial score (nSPS) is 21.4. The van der Waals surface area contributed by atoms with E-state index in [1.54, 1.807) is 0 Å². The Morgan fingerprint density at radius 1 is 1.33 bits per heavy atom. The van der Waals surface area contributed by atoms with Gasteiger partial charge in [-0.1, -0.05) is 31.2 Å². The van der Waals surface area contributed by atoms with E-state index in [1.165, 1.54) is 50.0 Å². The maximum absolute atomic E-state index is 3.76. The van der Waals surface area contributed by atoms with Crippen LogP contribution >= 0.6 is 0 Å². The monoisotopic (exact) mass is 288 g/mol. The molecule has 0 saturated carbocycles. The van der Waals surface area contributed by atoms with E-state index < -0.39 is 0 Å². The molecular weight excluding hydrogens is 256 g/mol. The van der Waals surface area contributed by atoms with E-state index in [0.29, 0.717) is 6.04 Å². The van der Waals surface area contributed by atoms with Crippen molar-refractivity contribution in [1.29, 1.82) is 0 Å². The summed E-state index contributed by atoms with van der Waals surface area (Å²) in [4.78, 5) is 2.65. The van der Waals surface area contributed by atoms with Crippen molar-refractivity contribution in [2.75, 3.05) is 26.2 Å². The van der Waals surface area contributed by atoms with Crippen LogP contribution < -0.4 is 5.32 Å². The first-order valence-corrected chi connectivity index (χ1v) is 8.71. The number of aryl methyl sites for hydroxylation is 1. The molecule has 1 heterocycles. The third kappa shape index (κ3) is 5.12. The molecule has 2 nitrogen and oxygen atoms in total. The highest BCUT2D eigenvalue weighted by atomic mass is 15.1. The predicted molar refractivity (Wildman–Crippen MR) is 91.8 cm³/mol. The van der Waals surface area contributed by atoms with Crippen LogP contribution in [0.2, 0.25) is 0 Å². The Labute approximate surface area is 130 Å². The number of likely N-dealkylation sites (tertiary alicyclic amines) is 1. The molecule has 1 N–H and O–H groups in total. The standard InChI is InChI=1S/C19H32N2/c1-4-13-21-14-7-10-19(15-21)17(3)20-12-11-18-9-6-5-8-16(18)2/h5-6,8-9,17,19-20H,4,7,10-15H2,1-3H3. The number of benzene rings is 1. The first-order chi connectivity index (χ1) is 10.2. The topological polar surface area (TPSA) is 15.3 Å². The SMILES string of the molecule is CCCN1CCCC(C(C)NCCc2ccccc2C)C1. The van der Waals surface area contributed by atoms with Crippen molar-refractivity contribution >= 4 is 0 Å². The van der Waals surface area contributed by atoms with Crippen LogP contribution in [0.1, 0.15) is 44.2 Å². The average Bonchev–Trinajstić information content (AvgIpc) is 2.50. The molecule has 2 atom stereocenters. The van der Waals surface area contributed by atoms with Crippen LogP contribution in [0, 0.1) is 12.8 Å². The summed E-state index contributed by atoms with van der Waals surface area (Å²) in [6, 6.07) is 9.37. The second-order valence-corrected chi connectivity index (χ2v) is 6.62. The van der Waals surface area contributed by atoms with Crippen molar-refractivity contribution in [3.05, 3.63) is 35.4 Å². The molecule has 2 unspecified atom stereocenters. The zero-order valence-corrected chi connectivity index (χ0v) is 14.1. The van der Waals surface area contributed by atoms with Crippen LogP contribution in [0.25, 0.3) is 0 Å². The van der Waals surface area contributed by atoms with Gasteiger partial charge >= 0.3 is 0 Å². The molecule has 1 fully saturated rings. The fourth-order valence-corrected chi connectivity index (χ4v) is 3.51. The largest absolute Gasteiger partial charge is 0.314 e. The van der Waals surface area contributed by atoms with Gasteiger partial charge in [0.1, 0.15) is 0 Å². The first kappa shape index (κ1) is 16.5. The minimum absolute atomic E-state index is 0.633. The summed E-state index contributed by atoms with van der Waals surface area (Å²) in [6.07, 6.45) is 5.18. The molecule has 1 aromatic rings. The van der Waals surface area contributed by atoms with Gasteiger partial charge in [0.2, 0.25) is 0 Å². The van der Waals surface area contributed by atoms with E-state index in [4.69, 9.17) is 0 Å². The number of hydrogen-bond acceptors (Lipinski definition) is 2. The van der Waals surface area contributed by atoms with Crippen LogP contribution in [0.5, 0.6) is 0 Å². The van der Waals surface area contributed by atoms with Crippen molar-refractivity contribution in [2.45, 2.75) is 52.5 Å².